The van der Waals surface area contributed by atoms with E-state index in [4.69, 9.17) is 0 Å². The molecule has 0 aromatic heterocycles. The van der Waals surface area contributed by atoms with Crippen LogP contribution in [0.2, 0.25) is 0 Å². The third-order valence-electron chi connectivity index (χ3n) is 1.82. The molecule has 2 nitrogen and oxygen atoms in total. The molecule has 0 bridgehead atoms. The molecule has 1 aromatic carbocycles. The van der Waals surface area contributed by atoms with Crippen LogP contribution >= 0.6 is 28.6 Å². The van der Waals surface area contributed by atoms with E-state index in [1.54, 1.807) is 18.2 Å². The molecule has 0 saturated carbocycles. The van der Waals surface area contributed by atoms with E-state index in [2.05, 4.69) is 28.6 Å². The minimum atomic E-state index is -0.351. The van der Waals surface area contributed by atoms with Gasteiger partial charge in [0.1, 0.15) is 12.1 Å². The lowest BCUT2D eigenvalue weighted by Gasteiger charge is -2.09. The van der Waals surface area contributed by atoms with E-state index in [1.807, 2.05) is 0 Å². The van der Waals surface area contributed by atoms with Crippen LogP contribution in [0.25, 0.3) is 0 Å². The van der Waals surface area contributed by atoms with E-state index in [-0.39, 0.29) is 10.6 Å². The van der Waals surface area contributed by atoms with Crippen molar-refractivity contribution in [1.82, 2.24) is 0 Å². The average molecular weight is 273 g/mol. The lowest BCUT2D eigenvalue weighted by molar-refractivity contribution is -0.116. The summed E-state index contributed by atoms with van der Waals surface area (Å²) in [6.45, 7) is 1.50. The first-order valence-electron chi connectivity index (χ1n) is 3.99. The maximum atomic E-state index is 11.1. The third kappa shape index (κ3) is 2.45. The second-order valence-electron chi connectivity index (χ2n) is 2.91. The van der Waals surface area contributed by atoms with E-state index < -0.39 is 0 Å². The van der Waals surface area contributed by atoms with Crippen LogP contribution in [0.3, 0.4) is 0 Å². The van der Waals surface area contributed by atoms with Crippen LogP contribution in [0, 0.1) is 0 Å². The second kappa shape index (κ2) is 4.75. The summed E-state index contributed by atoms with van der Waals surface area (Å²) in [6, 6.07) is 5.04. The maximum Gasteiger partial charge on any atom is 0.150 e. The van der Waals surface area contributed by atoms with Crippen LogP contribution in [0.15, 0.2) is 23.1 Å². The van der Waals surface area contributed by atoms with Crippen LogP contribution in [-0.2, 0) is 4.79 Å². The molecule has 0 saturated heterocycles. The summed E-state index contributed by atoms with van der Waals surface area (Å²) < 4.78 is 0. The van der Waals surface area contributed by atoms with Gasteiger partial charge in [-0.1, -0.05) is 28.1 Å². The molecule has 0 aliphatic rings. The number of alkyl halides is 1. The third-order valence-corrected chi connectivity index (χ3v) is 3.35. The smallest absolute Gasteiger partial charge is 0.150 e. The predicted octanol–water partition coefficient (Wildman–Crippen LogP) is 2.81. The maximum absolute atomic E-state index is 11.1. The highest BCUT2D eigenvalue weighted by molar-refractivity contribution is 9.09. The van der Waals surface area contributed by atoms with Crippen molar-refractivity contribution in [3.8, 4) is 0 Å². The number of hydrogen-bond acceptors (Lipinski definition) is 3. The molecule has 1 unspecified atom stereocenters. The summed E-state index contributed by atoms with van der Waals surface area (Å²) in [5.74, 6) is 0.0131. The molecule has 0 radical (unpaired) electrons. The molecule has 0 amide bonds. The Kier molecular flexibility index (Phi) is 3.89. The van der Waals surface area contributed by atoms with Crippen molar-refractivity contribution in [2.24, 2.45) is 0 Å². The van der Waals surface area contributed by atoms with Gasteiger partial charge in [0.25, 0.3) is 0 Å². The molecule has 1 atom stereocenters. The predicted molar refractivity (Wildman–Crippen MR) is 61.4 cm³/mol. The van der Waals surface area contributed by atoms with Crippen LogP contribution in [0.4, 0.5) is 0 Å². The molecule has 0 aliphatic heterocycles. The Labute approximate surface area is 96.2 Å². The standard InChI is InChI=1S/C10H9BrO2S/c1-6(13)10(11)8-3-2-7(5-12)4-9(8)14/h2-5,10,14H,1H3. The summed E-state index contributed by atoms with van der Waals surface area (Å²) in [5.41, 5.74) is 1.34. The van der Waals surface area contributed by atoms with E-state index in [0.717, 1.165) is 11.8 Å². The normalized spacial score (nSPS) is 12.2. The van der Waals surface area contributed by atoms with Gasteiger partial charge in [-0.2, -0.15) is 0 Å². The van der Waals surface area contributed by atoms with Gasteiger partial charge in [-0.25, -0.2) is 0 Å². The first kappa shape index (κ1) is 11.5. The van der Waals surface area contributed by atoms with Crippen molar-refractivity contribution in [3.05, 3.63) is 29.3 Å². The van der Waals surface area contributed by atoms with E-state index >= 15 is 0 Å². The number of ketones is 1. The highest BCUT2D eigenvalue weighted by Gasteiger charge is 2.15. The molecule has 0 spiro atoms. The van der Waals surface area contributed by atoms with Gasteiger partial charge >= 0.3 is 0 Å². The van der Waals surface area contributed by atoms with Crippen LogP contribution < -0.4 is 0 Å². The molecule has 4 heteroatoms. The minimum absolute atomic E-state index is 0.0131. The molecule has 0 fully saturated rings. The van der Waals surface area contributed by atoms with Gasteiger partial charge in [0.15, 0.2) is 0 Å². The number of carbonyl (C=O) groups is 2. The van der Waals surface area contributed by atoms with Gasteiger partial charge in [0, 0.05) is 10.5 Å². The highest BCUT2D eigenvalue weighted by Crippen LogP contribution is 2.29. The van der Waals surface area contributed by atoms with Crippen LogP contribution in [0.5, 0.6) is 0 Å². The van der Waals surface area contributed by atoms with Gasteiger partial charge < -0.3 is 0 Å². The Morgan fingerprint density at radius 3 is 2.64 bits per heavy atom. The van der Waals surface area contributed by atoms with Crippen molar-refractivity contribution in [3.63, 3.8) is 0 Å². The number of carbonyl (C=O) groups excluding carboxylic acids is 2. The fourth-order valence-corrected chi connectivity index (χ4v) is 2.00. The van der Waals surface area contributed by atoms with Gasteiger partial charge in [-0.15, -0.1) is 12.6 Å². The molecule has 0 aliphatic carbocycles. The summed E-state index contributed by atoms with van der Waals surface area (Å²) >= 11 is 7.48. The molecule has 1 rings (SSSR count). The second-order valence-corrected chi connectivity index (χ2v) is 4.31. The minimum Gasteiger partial charge on any atom is -0.298 e. The van der Waals surface area contributed by atoms with Gasteiger partial charge in [-0.3, -0.25) is 9.59 Å². The van der Waals surface area contributed by atoms with Crippen LogP contribution in [0.1, 0.15) is 27.7 Å². The summed E-state index contributed by atoms with van der Waals surface area (Å²) in [5, 5.41) is 0. The lowest BCUT2D eigenvalue weighted by Crippen LogP contribution is -2.02. The van der Waals surface area contributed by atoms with Crippen molar-refractivity contribution >= 4 is 40.6 Å². The summed E-state index contributed by atoms with van der Waals surface area (Å²) in [7, 11) is 0. The first-order valence-corrected chi connectivity index (χ1v) is 5.35. The molecule has 0 N–H and O–H groups in total. The van der Waals surface area contributed by atoms with Crippen LogP contribution in [-0.4, -0.2) is 12.1 Å². The fourth-order valence-electron chi connectivity index (χ4n) is 1.07. The van der Waals surface area contributed by atoms with E-state index in [1.165, 1.54) is 6.92 Å². The first-order chi connectivity index (χ1) is 6.56. The monoisotopic (exact) mass is 272 g/mol. The van der Waals surface area contributed by atoms with Gasteiger partial charge in [0.05, 0.1) is 4.83 Å². The quantitative estimate of drug-likeness (QED) is 0.522. The summed E-state index contributed by atoms with van der Waals surface area (Å²) in [6.07, 6.45) is 0.751. The SMILES string of the molecule is CC(=O)C(Br)c1ccc(C=O)cc1S. The summed E-state index contributed by atoms with van der Waals surface area (Å²) in [4.78, 5) is 21.9. The number of Topliss-reactive ketones (excluding diaryl/α,β-unsaturated/α-hetero) is 1. The Morgan fingerprint density at radius 1 is 1.57 bits per heavy atom. The molecule has 0 heterocycles. The van der Waals surface area contributed by atoms with Crippen molar-refractivity contribution < 1.29 is 9.59 Å². The molecule has 1 aromatic rings. The van der Waals surface area contributed by atoms with Gasteiger partial charge in [-0.05, 0) is 18.6 Å². The number of hydrogen-bond donors (Lipinski definition) is 1. The number of rotatable bonds is 3. The number of benzene rings is 1. The fraction of sp³-hybridized carbons (Fsp3) is 0.200. The molecule has 14 heavy (non-hydrogen) atoms. The lowest BCUT2D eigenvalue weighted by atomic mass is 10.1. The Morgan fingerprint density at radius 2 is 2.21 bits per heavy atom. The largest absolute Gasteiger partial charge is 0.298 e. The average Bonchev–Trinajstić information content (AvgIpc) is 2.16. The molecular formula is C10H9BrO2S. The number of thiol groups is 1. The zero-order valence-corrected chi connectivity index (χ0v) is 10.0. The Bertz CT molecular complexity index is 376. The Hall–Kier alpha value is -0.610. The van der Waals surface area contributed by atoms with Gasteiger partial charge in [0.2, 0.25) is 0 Å². The van der Waals surface area contributed by atoms with Crippen molar-refractivity contribution in [2.45, 2.75) is 16.6 Å². The van der Waals surface area contributed by atoms with E-state index in [0.29, 0.717) is 10.5 Å². The Balaban J connectivity index is 3.11. The molecule has 74 valence electrons. The topological polar surface area (TPSA) is 34.1 Å². The zero-order valence-electron chi connectivity index (χ0n) is 7.53. The van der Waals surface area contributed by atoms with Crippen molar-refractivity contribution in [1.29, 1.82) is 0 Å². The number of aldehydes is 1. The zero-order chi connectivity index (χ0) is 10.7. The van der Waals surface area contributed by atoms with E-state index in [9.17, 15) is 9.59 Å². The molecular weight excluding hydrogens is 264 g/mol. The number of halogens is 1. The van der Waals surface area contributed by atoms with Crippen molar-refractivity contribution in [2.75, 3.05) is 0 Å². The highest BCUT2D eigenvalue weighted by atomic mass is 79.9.